The van der Waals surface area contributed by atoms with E-state index in [2.05, 4.69) is 15.3 Å². The van der Waals surface area contributed by atoms with E-state index in [0.717, 1.165) is 0 Å². The van der Waals surface area contributed by atoms with E-state index in [1.165, 1.54) is 38.2 Å². The lowest BCUT2D eigenvalue weighted by molar-refractivity contribution is -0.176. The second-order valence-electron chi connectivity index (χ2n) is 11.2. The molecule has 13 heteroatoms. The molecule has 3 heterocycles. The van der Waals surface area contributed by atoms with E-state index in [1.54, 1.807) is 16.8 Å². The number of imidazole rings is 1. The van der Waals surface area contributed by atoms with Crippen molar-refractivity contribution in [3.8, 4) is 6.07 Å². The lowest BCUT2D eigenvalue weighted by Crippen LogP contribution is -2.60. The Morgan fingerprint density at radius 1 is 1.22 bits per heavy atom. The van der Waals surface area contributed by atoms with Crippen LogP contribution in [0, 0.1) is 34.0 Å². The van der Waals surface area contributed by atoms with Gasteiger partial charge in [-0.3, -0.25) is 19.4 Å². The van der Waals surface area contributed by atoms with Gasteiger partial charge in [0.25, 0.3) is 0 Å². The number of rotatable bonds is 5. The fourth-order valence-corrected chi connectivity index (χ4v) is 5.31. The summed E-state index contributed by atoms with van der Waals surface area (Å²) < 4.78 is 40.6. The zero-order valence-electron chi connectivity index (χ0n) is 21.0. The average Bonchev–Trinajstić information content (AvgIpc) is 3.19. The summed E-state index contributed by atoms with van der Waals surface area (Å²) in [5.74, 6) is -3.92. The van der Waals surface area contributed by atoms with Crippen molar-refractivity contribution in [3.05, 3.63) is 30.6 Å². The molecule has 2 N–H and O–H groups in total. The van der Waals surface area contributed by atoms with Gasteiger partial charge in [0, 0.05) is 18.9 Å². The Labute approximate surface area is 211 Å². The van der Waals surface area contributed by atoms with Crippen LogP contribution < -0.4 is 10.6 Å². The van der Waals surface area contributed by atoms with Crippen molar-refractivity contribution in [2.45, 2.75) is 58.9 Å². The highest BCUT2D eigenvalue weighted by Gasteiger charge is 2.70. The molecule has 2 aromatic rings. The van der Waals surface area contributed by atoms with E-state index in [0.29, 0.717) is 5.52 Å². The molecule has 0 radical (unpaired) electrons. The van der Waals surface area contributed by atoms with Crippen LogP contribution in [0.5, 0.6) is 0 Å². The lowest BCUT2D eigenvalue weighted by Gasteiger charge is -2.37. The van der Waals surface area contributed by atoms with Crippen LogP contribution in [0.1, 0.15) is 46.4 Å². The maximum Gasteiger partial charge on any atom is 0.471 e. The summed E-state index contributed by atoms with van der Waals surface area (Å²) in [6.07, 6.45) is 0.989. The largest absolute Gasteiger partial charge is 0.471 e. The molecule has 198 valence electrons. The quantitative estimate of drug-likeness (QED) is 0.621. The van der Waals surface area contributed by atoms with E-state index in [-0.39, 0.29) is 29.5 Å². The predicted molar refractivity (Wildman–Crippen MR) is 123 cm³/mol. The second-order valence-corrected chi connectivity index (χ2v) is 11.2. The first kappa shape index (κ1) is 26.4. The minimum atomic E-state index is -5.17. The van der Waals surface area contributed by atoms with E-state index in [4.69, 9.17) is 0 Å². The molecule has 4 rings (SSSR count). The summed E-state index contributed by atoms with van der Waals surface area (Å²) in [7, 11) is 0. The Balaban J connectivity index is 1.61. The van der Waals surface area contributed by atoms with Crippen molar-refractivity contribution in [1.82, 2.24) is 29.9 Å². The molecule has 2 aromatic heterocycles. The summed E-state index contributed by atoms with van der Waals surface area (Å²) >= 11 is 0. The number of carbonyl (C=O) groups is 3. The van der Waals surface area contributed by atoms with E-state index < -0.39 is 47.4 Å². The first-order valence-electron chi connectivity index (χ1n) is 11.7. The first-order chi connectivity index (χ1) is 17.1. The Morgan fingerprint density at radius 2 is 1.89 bits per heavy atom. The molecule has 10 nitrogen and oxygen atoms in total. The molecular weight excluding hydrogens is 491 g/mol. The van der Waals surface area contributed by atoms with Crippen LogP contribution in [0.3, 0.4) is 0 Å². The maximum atomic E-state index is 13.6. The first-order valence-corrected chi connectivity index (χ1v) is 11.7. The van der Waals surface area contributed by atoms with Crippen LogP contribution >= 0.6 is 0 Å². The van der Waals surface area contributed by atoms with Gasteiger partial charge in [0.15, 0.2) is 6.04 Å². The summed E-state index contributed by atoms with van der Waals surface area (Å²) in [5.41, 5.74) is -0.561. The van der Waals surface area contributed by atoms with E-state index in [9.17, 15) is 32.8 Å². The van der Waals surface area contributed by atoms with Crippen molar-refractivity contribution < 1.29 is 27.6 Å². The number of likely N-dealkylation sites (tertiary alicyclic amines) is 1. The van der Waals surface area contributed by atoms with Gasteiger partial charge in [-0.05, 0) is 22.7 Å². The van der Waals surface area contributed by atoms with Crippen LogP contribution in [-0.4, -0.2) is 61.8 Å². The number of piperidine rings is 1. The number of nitriles is 1. The Morgan fingerprint density at radius 3 is 2.49 bits per heavy atom. The third-order valence-electron chi connectivity index (χ3n) is 7.47. The highest BCUT2D eigenvalue weighted by molar-refractivity contribution is 5.95. The number of hydrogen-bond acceptors (Lipinski definition) is 6. The van der Waals surface area contributed by atoms with Gasteiger partial charge in [0.05, 0.1) is 24.1 Å². The van der Waals surface area contributed by atoms with Crippen molar-refractivity contribution in [1.29, 1.82) is 5.26 Å². The molecule has 1 aliphatic carbocycles. The molecule has 2 fully saturated rings. The standard InChI is InChI=1S/C24H28F3N7O3/c1-22(2,3)18(32-21(37)24(25,26)27)20(36)34-10-12-15(23(12,4)5)17(34)19(35)31-13(8-28)16-14-9-29-6-7-33(14)11-30-16/h6-7,9,11-13,15,17-18H,10H2,1-5H3,(H,31,35)(H,32,37)/t12-,13?,15-,17-,18?/m0/s1. The number of halogens is 3. The topological polar surface area (TPSA) is 132 Å². The minimum Gasteiger partial charge on any atom is -0.336 e. The summed E-state index contributed by atoms with van der Waals surface area (Å²) in [5, 5.41) is 14.3. The highest BCUT2D eigenvalue weighted by atomic mass is 19.4. The third kappa shape index (κ3) is 4.60. The zero-order chi connectivity index (χ0) is 27.5. The van der Waals surface area contributed by atoms with Crippen LogP contribution in [-0.2, 0) is 14.4 Å². The molecule has 5 atom stereocenters. The van der Waals surface area contributed by atoms with Gasteiger partial charge in [0.1, 0.15) is 17.8 Å². The van der Waals surface area contributed by atoms with Crippen LogP contribution in [0.2, 0.25) is 0 Å². The summed E-state index contributed by atoms with van der Waals surface area (Å²) in [6.45, 7) is 8.65. The molecule has 0 spiro atoms. The van der Waals surface area contributed by atoms with Gasteiger partial charge in [-0.15, -0.1) is 0 Å². The molecule has 1 saturated heterocycles. The van der Waals surface area contributed by atoms with Crippen LogP contribution in [0.15, 0.2) is 24.9 Å². The predicted octanol–water partition coefficient (Wildman–Crippen LogP) is 1.99. The molecular formula is C24H28F3N7O3. The van der Waals surface area contributed by atoms with E-state index in [1.807, 2.05) is 25.2 Å². The van der Waals surface area contributed by atoms with E-state index >= 15 is 0 Å². The van der Waals surface area contributed by atoms with Crippen LogP contribution in [0.25, 0.3) is 5.52 Å². The van der Waals surface area contributed by atoms with Gasteiger partial charge >= 0.3 is 12.1 Å². The number of nitrogens with zero attached hydrogens (tertiary/aromatic N) is 5. The minimum absolute atomic E-state index is 0.0516. The molecule has 0 aromatic carbocycles. The lowest BCUT2D eigenvalue weighted by atomic mass is 9.85. The number of carbonyl (C=O) groups excluding carboxylic acids is 3. The molecule has 37 heavy (non-hydrogen) atoms. The number of nitrogens with one attached hydrogen (secondary N) is 2. The normalized spacial score (nSPS) is 24.1. The number of fused-ring (bicyclic) bond motifs is 2. The molecule has 1 saturated carbocycles. The molecule has 2 unspecified atom stereocenters. The number of alkyl halides is 3. The van der Waals surface area contributed by atoms with Gasteiger partial charge in [-0.25, -0.2) is 4.98 Å². The molecule has 3 amide bonds. The number of amides is 3. The highest BCUT2D eigenvalue weighted by Crippen LogP contribution is 2.65. The van der Waals surface area contributed by atoms with Gasteiger partial charge in [-0.1, -0.05) is 34.6 Å². The van der Waals surface area contributed by atoms with Crippen molar-refractivity contribution in [3.63, 3.8) is 0 Å². The monoisotopic (exact) mass is 519 g/mol. The molecule has 0 bridgehead atoms. The smallest absolute Gasteiger partial charge is 0.336 e. The van der Waals surface area contributed by atoms with Crippen LogP contribution in [0.4, 0.5) is 13.2 Å². The van der Waals surface area contributed by atoms with Crippen molar-refractivity contribution >= 4 is 23.2 Å². The summed E-state index contributed by atoms with van der Waals surface area (Å²) in [6, 6.07) is -1.68. The Bertz CT molecular complexity index is 1290. The Hall–Kier alpha value is -3.69. The molecule has 2 aliphatic rings. The fraction of sp³-hybridized carbons (Fsp3) is 0.583. The fourth-order valence-electron chi connectivity index (χ4n) is 5.31. The maximum absolute atomic E-state index is 13.6. The number of hydrogen-bond donors (Lipinski definition) is 2. The Kier molecular flexibility index (Phi) is 6.21. The zero-order valence-corrected chi connectivity index (χ0v) is 21.0. The van der Waals surface area contributed by atoms with Gasteiger partial charge < -0.3 is 19.9 Å². The number of aromatic nitrogens is 3. The SMILES string of the molecule is CC(C)(C)C(NC(=O)C(F)(F)F)C(=O)N1C[C@H]2[C@@H]([C@H]1C(=O)NC(C#N)c1ncn3ccncc13)C2(C)C. The molecule has 1 aliphatic heterocycles. The van der Waals surface area contributed by atoms with Crippen molar-refractivity contribution in [2.75, 3.05) is 6.54 Å². The van der Waals surface area contributed by atoms with Gasteiger partial charge in [0.2, 0.25) is 11.8 Å². The van der Waals surface area contributed by atoms with Gasteiger partial charge in [-0.2, -0.15) is 18.4 Å². The second kappa shape index (κ2) is 8.71. The summed E-state index contributed by atoms with van der Waals surface area (Å²) in [4.78, 5) is 48.4. The third-order valence-corrected chi connectivity index (χ3v) is 7.47. The average molecular weight is 520 g/mol. The van der Waals surface area contributed by atoms with Crippen molar-refractivity contribution in [2.24, 2.45) is 22.7 Å².